The fourth-order valence-corrected chi connectivity index (χ4v) is 0.190. The van der Waals surface area contributed by atoms with Crippen molar-refractivity contribution in [2.75, 3.05) is 0 Å². The molecule has 45 valence electrons. The summed E-state index contributed by atoms with van der Waals surface area (Å²) < 4.78 is 4.19. The Morgan fingerprint density at radius 2 is 2.00 bits per heavy atom. The second kappa shape index (κ2) is 3.18. The molecule has 0 atom stereocenters. The molecule has 0 bridgehead atoms. The van der Waals surface area contributed by atoms with Gasteiger partial charge in [0.25, 0.3) is 0 Å². The van der Waals surface area contributed by atoms with E-state index in [1.807, 2.05) is 0 Å². The lowest BCUT2D eigenvalue weighted by Crippen LogP contribution is -2.10. The fourth-order valence-electron chi connectivity index (χ4n) is 0.190. The van der Waals surface area contributed by atoms with Crippen molar-refractivity contribution in [1.29, 1.82) is 0 Å². The maximum atomic E-state index is 10.1. The minimum Gasteiger partial charge on any atom is -0.453 e. The molecule has 0 rings (SSSR count). The first-order chi connectivity index (χ1) is 3.68. The van der Waals surface area contributed by atoms with E-state index in [2.05, 4.69) is 4.74 Å². The molecule has 0 saturated carbocycles. The van der Waals surface area contributed by atoms with Crippen molar-refractivity contribution in [3.05, 3.63) is 6.61 Å². The lowest BCUT2D eigenvalue weighted by atomic mass is 10.5. The zero-order valence-electron chi connectivity index (χ0n) is 4.80. The summed E-state index contributed by atoms with van der Waals surface area (Å²) in [6.45, 7) is 3.86. The van der Waals surface area contributed by atoms with Gasteiger partial charge in [-0.15, -0.1) is 0 Å². The fraction of sp³-hybridized carbons (Fsp3) is 0.400. The van der Waals surface area contributed by atoms with Gasteiger partial charge in [0.05, 0.1) is 0 Å². The minimum absolute atomic E-state index is 0.580. The van der Waals surface area contributed by atoms with Crippen LogP contribution in [0.2, 0.25) is 0 Å². The van der Waals surface area contributed by atoms with E-state index in [0.29, 0.717) is 0 Å². The summed E-state index contributed by atoms with van der Waals surface area (Å²) in [5, 5.41) is 0. The molecular weight excluding hydrogens is 108 g/mol. The largest absolute Gasteiger partial charge is 0.453 e. The molecule has 0 N–H and O–H groups in total. The number of rotatable bonds is 2. The molecule has 0 aromatic carbocycles. The molecular formula is C5H7O3. The number of carbonyl (C=O) groups excluding carboxylic acids is 2. The maximum absolute atomic E-state index is 10.1. The van der Waals surface area contributed by atoms with Crippen LogP contribution in [-0.2, 0) is 14.3 Å². The molecule has 0 spiro atoms. The van der Waals surface area contributed by atoms with Gasteiger partial charge in [0.2, 0.25) is 5.78 Å². The summed E-state index contributed by atoms with van der Waals surface area (Å²) >= 11 is 0. The summed E-state index contributed by atoms with van der Waals surface area (Å²) in [5.41, 5.74) is 0. The molecule has 3 heteroatoms. The highest BCUT2D eigenvalue weighted by molar-refractivity contribution is 6.32. The highest BCUT2D eigenvalue weighted by Gasteiger charge is 2.05. The van der Waals surface area contributed by atoms with Crippen molar-refractivity contribution in [2.45, 2.75) is 13.8 Å². The van der Waals surface area contributed by atoms with E-state index in [1.165, 1.54) is 13.5 Å². The van der Waals surface area contributed by atoms with Crippen molar-refractivity contribution in [1.82, 2.24) is 0 Å². The van der Waals surface area contributed by atoms with Gasteiger partial charge in [-0.1, -0.05) is 0 Å². The topological polar surface area (TPSA) is 43.4 Å². The molecule has 0 aromatic rings. The lowest BCUT2D eigenvalue weighted by molar-refractivity contribution is -0.150. The second-order valence-electron chi connectivity index (χ2n) is 1.20. The molecule has 0 aromatic heterocycles. The van der Waals surface area contributed by atoms with Gasteiger partial charge in [0.1, 0.15) is 6.61 Å². The predicted octanol–water partition coefficient (Wildman–Crippen LogP) is 0.300. The van der Waals surface area contributed by atoms with Crippen LogP contribution in [0.15, 0.2) is 0 Å². The van der Waals surface area contributed by atoms with Crippen LogP contribution in [0, 0.1) is 6.61 Å². The average molecular weight is 115 g/mol. The van der Waals surface area contributed by atoms with Crippen molar-refractivity contribution < 1.29 is 14.3 Å². The van der Waals surface area contributed by atoms with Crippen LogP contribution in [0.5, 0.6) is 0 Å². The highest BCUT2D eigenvalue weighted by atomic mass is 16.5. The van der Waals surface area contributed by atoms with Crippen LogP contribution in [-0.4, -0.2) is 11.8 Å². The summed E-state index contributed by atoms with van der Waals surface area (Å²) in [4.78, 5) is 20.2. The Bertz CT molecular complexity index is 106. The molecule has 0 unspecified atom stereocenters. The van der Waals surface area contributed by atoms with Crippen LogP contribution in [0.25, 0.3) is 0 Å². The average Bonchev–Trinajstić information content (AvgIpc) is 1.67. The van der Waals surface area contributed by atoms with Gasteiger partial charge < -0.3 is 4.74 Å². The maximum Gasteiger partial charge on any atom is 0.374 e. The normalized spacial score (nSPS) is 8.25. The summed E-state index contributed by atoms with van der Waals surface area (Å²) in [6, 6.07) is 0. The smallest absolute Gasteiger partial charge is 0.374 e. The standard InChI is InChI=1S/C5H7O3/c1-3-8-5(7)4(2)6/h3H,1-2H3. The number of esters is 1. The second-order valence-corrected chi connectivity index (χ2v) is 1.20. The molecule has 0 saturated heterocycles. The molecule has 0 aliphatic carbocycles. The van der Waals surface area contributed by atoms with Crippen molar-refractivity contribution >= 4 is 11.8 Å². The SMILES string of the molecule is C[CH]OC(=O)C(C)=O. The van der Waals surface area contributed by atoms with Gasteiger partial charge in [0.15, 0.2) is 0 Å². The summed E-state index contributed by atoms with van der Waals surface area (Å²) in [6.07, 6.45) is 0. The molecule has 8 heavy (non-hydrogen) atoms. The first-order valence-electron chi connectivity index (χ1n) is 2.18. The number of hydrogen-bond donors (Lipinski definition) is 0. The Labute approximate surface area is 47.6 Å². The molecule has 3 nitrogen and oxygen atoms in total. The van der Waals surface area contributed by atoms with E-state index >= 15 is 0 Å². The number of ketones is 1. The van der Waals surface area contributed by atoms with Gasteiger partial charge >= 0.3 is 5.97 Å². The van der Waals surface area contributed by atoms with Gasteiger partial charge in [-0.3, -0.25) is 4.79 Å². The van der Waals surface area contributed by atoms with Gasteiger partial charge in [-0.25, -0.2) is 4.79 Å². The zero-order chi connectivity index (χ0) is 6.57. The Balaban J connectivity index is 3.49. The minimum atomic E-state index is -0.812. The van der Waals surface area contributed by atoms with Crippen molar-refractivity contribution in [3.8, 4) is 0 Å². The quantitative estimate of drug-likeness (QED) is 0.384. The van der Waals surface area contributed by atoms with E-state index < -0.39 is 11.8 Å². The number of Topliss-reactive ketones (excluding diaryl/α,β-unsaturated/α-hetero) is 1. The van der Waals surface area contributed by atoms with Gasteiger partial charge in [-0.05, 0) is 6.92 Å². The molecule has 0 amide bonds. The number of ether oxygens (including phenoxy) is 1. The molecule has 0 heterocycles. The molecule has 0 fully saturated rings. The third kappa shape index (κ3) is 2.34. The number of hydrogen-bond acceptors (Lipinski definition) is 3. The van der Waals surface area contributed by atoms with E-state index in [1.54, 1.807) is 0 Å². The van der Waals surface area contributed by atoms with Crippen molar-refractivity contribution in [3.63, 3.8) is 0 Å². The summed E-state index contributed by atoms with van der Waals surface area (Å²) in [5.74, 6) is -1.39. The Morgan fingerprint density at radius 3 is 2.12 bits per heavy atom. The van der Waals surface area contributed by atoms with E-state index in [9.17, 15) is 9.59 Å². The van der Waals surface area contributed by atoms with Gasteiger partial charge in [0, 0.05) is 6.92 Å². The number of carbonyl (C=O) groups is 2. The highest BCUT2D eigenvalue weighted by Crippen LogP contribution is 1.81. The first kappa shape index (κ1) is 7.14. The molecule has 0 aliphatic heterocycles. The summed E-state index contributed by atoms with van der Waals surface area (Å²) in [7, 11) is 0. The molecule has 1 radical (unpaired) electrons. The van der Waals surface area contributed by atoms with E-state index in [-0.39, 0.29) is 0 Å². The van der Waals surface area contributed by atoms with Crippen LogP contribution in [0.3, 0.4) is 0 Å². The Hall–Kier alpha value is -0.860. The first-order valence-corrected chi connectivity index (χ1v) is 2.18. The van der Waals surface area contributed by atoms with Gasteiger partial charge in [-0.2, -0.15) is 0 Å². The Morgan fingerprint density at radius 1 is 1.50 bits per heavy atom. The van der Waals surface area contributed by atoms with E-state index in [0.717, 1.165) is 6.92 Å². The third-order valence-corrected chi connectivity index (χ3v) is 0.512. The van der Waals surface area contributed by atoms with Crippen LogP contribution in [0.4, 0.5) is 0 Å². The monoisotopic (exact) mass is 115 g/mol. The zero-order valence-corrected chi connectivity index (χ0v) is 4.80. The van der Waals surface area contributed by atoms with Crippen LogP contribution < -0.4 is 0 Å². The third-order valence-electron chi connectivity index (χ3n) is 0.512. The predicted molar refractivity (Wildman–Crippen MR) is 26.7 cm³/mol. The van der Waals surface area contributed by atoms with E-state index in [4.69, 9.17) is 0 Å². The van der Waals surface area contributed by atoms with Crippen LogP contribution in [0.1, 0.15) is 13.8 Å². The Kier molecular flexibility index (Phi) is 2.84. The van der Waals surface area contributed by atoms with Crippen LogP contribution >= 0.6 is 0 Å². The lowest BCUT2D eigenvalue weighted by Gasteiger charge is -1.92. The molecule has 0 aliphatic rings. The van der Waals surface area contributed by atoms with Crippen molar-refractivity contribution in [2.24, 2.45) is 0 Å².